The van der Waals surface area contributed by atoms with Gasteiger partial charge in [-0.1, -0.05) is 6.08 Å². The van der Waals surface area contributed by atoms with Crippen molar-refractivity contribution in [3.8, 4) is 0 Å². The summed E-state index contributed by atoms with van der Waals surface area (Å²) in [5, 5.41) is 20.2. The van der Waals surface area contributed by atoms with E-state index in [4.69, 9.17) is 39.9 Å². The molecule has 206 valence electrons. The van der Waals surface area contributed by atoms with E-state index in [0.29, 0.717) is 39.4 Å². The first-order chi connectivity index (χ1) is 17.5. The van der Waals surface area contributed by atoms with Gasteiger partial charge in [-0.25, -0.2) is 9.78 Å². The summed E-state index contributed by atoms with van der Waals surface area (Å²) in [6.45, 7) is 2.20. The van der Waals surface area contributed by atoms with Gasteiger partial charge in [-0.3, -0.25) is 24.9 Å². The lowest BCUT2D eigenvalue weighted by Gasteiger charge is -2.20. The molecular formula is C22H36N2O12. The molecule has 0 fully saturated rings. The van der Waals surface area contributed by atoms with Gasteiger partial charge in [0.25, 0.3) is 0 Å². The molecule has 0 saturated carbocycles. The summed E-state index contributed by atoms with van der Waals surface area (Å²) in [7, 11) is 0. The predicted molar refractivity (Wildman–Crippen MR) is 123 cm³/mol. The molecule has 0 aromatic carbocycles. The second-order valence-corrected chi connectivity index (χ2v) is 7.32. The quantitative estimate of drug-likeness (QED) is 0.0660. The van der Waals surface area contributed by atoms with Crippen LogP contribution in [0.1, 0.15) is 19.3 Å². The fourth-order valence-corrected chi connectivity index (χ4v) is 2.79. The van der Waals surface area contributed by atoms with Crippen LogP contribution in [0.15, 0.2) is 23.8 Å². The molecule has 1 rings (SSSR count). The lowest BCUT2D eigenvalue weighted by Crippen LogP contribution is -2.30. The Bertz CT molecular complexity index is 701. The number of amides is 1. The van der Waals surface area contributed by atoms with Crippen molar-refractivity contribution in [2.24, 2.45) is 5.73 Å². The molecule has 1 aliphatic rings. The molecule has 36 heavy (non-hydrogen) atoms. The number of nitrogens with one attached hydrogen (secondary N) is 1. The zero-order valence-electron chi connectivity index (χ0n) is 20.1. The molecule has 14 nitrogen and oxygen atoms in total. The third-order valence-corrected chi connectivity index (χ3v) is 4.63. The number of allylic oxidation sites excluding steroid dienone is 1. The van der Waals surface area contributed by atoms with E-state index in [-0.39, 0.29) is 51.7 Å². The van der Waals surface area contributed by atoms with Gasteiger partial charge in [-0.2, -0.15) is 0 Å². The molecule has 0 aromatic rings. The Hall–Kier alpha value is -2.43. The van der Waals surface area contributed by atoms with Crippen molar-refractivity contribution in [1.29, 1.82) is 0 Å². The number of esters is 2. The second-order valence-electron chi connectivity index (χ2n) is 7.32. The summed E-state index contributed by atoms with van der Waals surface area (Å²) in [5.41, 5.74) is 5.87. The maximum atomic E-state index is 11.9. The molecule has 0 aliphatic heterocycles. The highest BCUT2D eigenvalue weighted by molar-refractivity contribution is 5.81. The molecule has 0 bridgehead atoms. The molecule has 0 spiro atoms. The van der Waals surface area contributed by atoms with E-state index < -0.39 is 24.1 Å². The van der Waals surface area contributed by atoms with Crippen molar-refractivity contribution in [3.63, 3.8) is 0 Å². The van der Waals surface area contributed by atoms with Gasteiger partial charge in [0, 0.05) is 13.0 Å². The Kier molecular flexibility index (Phi) is 18.2. The van der Waals surface area contributed by atoms with E-state index in [1.54, 1.807) is 12.2 Å². The lowest BCUT2D eigenvalue weighted by molar-refractivity contribution is -0.335. The largest absolute Gasteiger partial charge is 0.463 e. The Morgan fingerprint density at radius 2 is 1.36 bits per heavy atom. The van der Waals surface area contributed by atoms with Gasteiger partial charge >= 0.3 is 11.9 Å². The van der Waals surface area contributed by atoms with Crippen molar-refractivity contribution >= 4 is 17.8 Å². The average Bonchev–Trinajstić information content (AvgIpc) is 2.89. The minimum atomic E-state index is -0.843. The molecule has 0 saturated heterocycles. The fraction of sp³-hybridized carbons (Fsp3) is 0.682. The highest BCUT2D eigenvalue weighted by atomic mass is 17.1. The van der Waals surface area contributed by atoms with Crippen LogP contribution in [-0.4, -0.2) is 107 Å². The van der Waals surface area contributed by atoms with E-state index in [1.807, 2.05) is 0 Å². The monoisotopic (exact) mass is 520 g/mol. The van der Waals surface area contributed by atoms with E-state index >= 15 is 0 Å². The van der Waals surface area contributed by atoms with Crippen LogP contribution in [0.4, 0.5) is 0 Å². The van der Waals surface area contributed by atoms with Crippen molar-refractivity contribution in [2.45, 2.75) is 31.5 Å². The Morgan fingerprint density at radius 3 is 1.92 bits per heavy atom. The predicted octanol–water partition coefficient (Wildman–Crippen LogP) is -0.420. The molecule has 0 radical (unpaired) electrons. The molecule has 2 atom stereocenters. The standard InChI is InChI=1S/C22H36N2O12/c23-16-22(27)34-14-12-32-10-8-30-7-9-31-11-13-33-21(26)4-3-20(25)24-6-5-17-1-2-18(35-28)19(15-17)36-29/h1-2,15,18-19,28-29H,3-14,16,23H2,(H,24,25)/t18?,19-/m0/s1. The Labute approximate surface area is 209 Å². The van der Waals surface area contributed by atoms with Gasteiger partial charge in [0.1, 0.15) is 25.4 Å². The van der Waals surface area contributed by atoms with Crippen LogP contribution in [0.2, 0.25) is 0 Å². The number of nitrogens with two attached hydrogens (primary N) is 1. The SMILES string of the molecule is NCC(=O)OCCOCCOCCOCCOC(=O)CCC(=O)NCCC1=C[C@H](OO)C(OO)C=C1. The van der Waals surface area contributed by atoms with Crippen LogP contribution in [0.3, 0.4) is 0 Å². The highest BCUT2D eigenvalue weighted by Crippen LogP contribution is 2.17. The first-order valence-electron chi connectivity index (χ1n) is 11.5. The molecule has 0 aromatic heterocycles. The smallest absolute Gasteiger partial charge is 0.319 e. The zero-order valence-corrected chi connectivity index (χ0v) is 20.1. The van der Waals surface area contributed by atoms with Gasteiger partial charge in [0.05, 0.1) is 52.6 Å². The normalized spacial score (nSPS) is 16.9. The number of hydrogen-bond donors (Lipinski definition) is 4. The minimum Gasteiger partial charge on any atom is -0.463 e. The third kappa shape index (κ3) is 15.5. The maximum Gasteiger partial charge on any atom is 0.319 e. The number of hydrogen-bond acceptors (Lipinski definition) is 13. The van der Waals surface area contributed by atoms with E-state index in [9.17, 15) is 14.4 Å². The van der Waals surface area contributed by atoms with Crippen molar-refractivity contribution in [1.82, 2.24) is 5.32 Å². The van der Waals surface area contributed by atoms with Crippen molar-refractivity contribution < 1.29 is 58.4 Å². The highest BCUT2D eigenvalue weighted by Gasteiger charge is 2.22. The van der Waals surface area contributed by atoms with Crippen LogP contribution >= 0.6 is 0 Å². The summed E-state index contributed by atoms with van der Waals surface area (Å²) in [4.78, 5) is 42.8. The number of ether oxygens (including phenoxy) is 5. The summed E-state index contributed by atoms with van der Waals surface area (Å²) in [6.07, 6.45) is 3.53. The molecule has 0 heterocycles. The number of carbonyl (C=O) groups excluding carboxylic acids is 3. The topological polar surface area (TPSA) is 194 Å². The molecule has 1 amide bonds. The van der Waals surface area contributed by atoms with Gasteiger partial charge < -0.3 is 34.7 Å². The zero-order chi connectivity index (χ0) is 26.4. The van der Waals surface area contributed by atoms with Crippen LogP contribution < -0.4 is 11.1 Å². The van der Waals surface area contributed by atoms with Crippen LogP contribution in [0, 0.1) is 0 Å². The van der Waals surface area contributed by atoms with Crippen molar-refractivity contribution in [2.75, 3.05) is 65.9 Å². The second kappa shape index (κ2) is 20.7. The average molecular weight is 521 g/mol. The molecule has 5 N–H and O–H groups in total. The first-order valence-corrected chi connectivity index (χ1v) is 11.5. The molecule has 1 aliphatic carbocycles. The molecular weight excluding hydrogens is 484 g/mol. The molecule has 14 heteroatoms. The van der Waals surface area contributed by atoms with Crippen LogP contribution in [0.25, 0.3) is 0 Å². The van der Waals surface area contributed by atoms with E-state index in [0.717, 1.165) is 5.57 Å². The molecule has 1 unspecified atom stereocenters. The van der Waals surface area contributed by atoms with E-state index in [2.05, 4.69) is 15.1 Å². The first kappa shape index (κ1) is 31.6. The fourth-order valence-electron chi connectivity index (χ4n) is 2.79. The summed E-state index contributed by atoms with van der Waals surface area (Å²) < 4.78 is 25.5. The third-order valence-electron chi connectivity index (χ3n) is 4.63. The Balaban J connectivity index is 1.92. The number of carbonyl (C=O) groups is 3. The van der Waals surface area contributed by atoms with Gasteiger partial charge in [0.2, 0.25) is 5.91 Å². The van der Waals surface area contributed by atoms with Crippen LogP contribution in [-0.2, 0) is 47.8 Å². The summed E-state index contributed by atoms with van der Waals surface area (Å²) in [5.74, 6) is -1.28. The minimum absolute atomic E-state index is 0.0112. The van der Waals surface area contributed by atoms with Gasteiger partial charge in [0.15, 0.2) is 0 Å². The lowest BCUT2D eigenvalue weighted by atomic mass is 10.0. The van der Waals surface area contributed by atoms with Crippen molar-refractivity contribution in [3.05, 3.63) is 23.8 Å². The van der Waals surface area contributed by atoms with E-state index in [1.165, 1.54) is 6.08 Å². The summed E-state index contributed by atoms with van der Waals surface area (Å²) in [6, 6.07) is 0. The van der Waals surface area contributed by atoms with Gasteiger partial charge in [-0.05, 0) is 24.1 Å². The van der Waals surface area contributed by atoms with Gasteiger partial charge in [-0.15, -0.1) is 0 Å². The Morgan fingerprint density at radius 1 is 0.806 bits per heavy atom. The number of rotatable bonds is 21. The maximum absolute atomic E-state index is 11.9. The van der Waals surface area contributed by atoms with Crippen LogP contribution in [0.5, 0.6) is 0 Å². The summed E-state index contributed by atoms with van der Waals surface area (Å²) >= 11 is 0.